The number of amides is 1. The number of carbonyl (C=O) groups is 2. The Morgan fingerprint density at radius 3 is 2.66 bits per heavy atom. The van der Waals surface area contributed by atoms with E-state index in [-0.39, 0.29) is 24.6 Å². The molecule has 2 aromatic rings. The summed E-state index contributed by atoms with van der Waals surface area (Å²) in [6, 6.07) is 12.4. The Hall–Kier alpha value is -2.18. The summed E-state index contributed by atoms with van der Waals surface area (Å²) < 4.78 is 2.04. The molecule has 154 valence electrons. The van der Waals surface area contributed by atoms with Crippen molar-refractivity contribution < 1.29 is 14.7 Å². The third-order valence-electron chi connectivity index (χ3n) is 5.04. The van der Waals surface area contributed by atoms with E-state index in [0.717, 1.165) is 29.7 Å². The van der Waals surface area contributed by atoms with Gasteiger partial charge in [-0.15, -0.1) is 0 Å². The van der Waals surface area contributed by atoms with Gasteiger partial charge in [-0.1, -0.05) is 42.6 Å². The van der Waals surface area contributed by atoms with E-state index in [9.17, 15) is 9.59 Å². The van der Waals surface area contributed by atoms with Gasteiger partial charge in [-0.05, 0) is 67.1 Å². The second-order valence-corrected chi connectivity index (χ2v) is 8.94. The SMILES string of the molecule is Cc1c(Cl)cccc1N(CC(=O)NCc1cccc(C(=O)O)c1)SC1CCCC1. The zero-order valence-corrected chi connectivity index (χ0v) is 17.9. The lowest BCUT2D eigenvalue weighted by Crippen LogP contribution is -2.35. The molecule has 3 rings (SSSR count). The lowest BCUT2D eigenvalue weighted by molar-refractivity contribution is -0.119. The molecule has 5 nitrogen and oxygen atoms in total. The fourth-order valence-corrected chi connectivity index (χ4v) is 5.00. The summed E-state index contributed by atoms with van der Waals surface area (Å²) in [5.74, 6) is -1.09. The first-order chi connectivity index (χ1) is 13.9. The number of benzene rings is 2. The summed E-state index contributed by atoms with van der Waals surface area (Å²) in [6.45, 7) is 2.46. The number of aromatic carboxylic acids is 1. The fourth-order valence-electron chi connectivity index (χ4n) is 3.42. The molecule has 7 heteroatoms. The highest BCUT2D eigenvalue weighted by Crippen LogP contribution is 2.37. The molecule has 1 amide bonds. The van der Waals surface area contributed by atoms with Gasteiger partial charge >= 0.3 is 5.97 Å². The molecule has 0 unspecified atom stereocenters. The monoisotopic (exact) mass is 432 g/mol. The maximum Gasteiger partial charge on any atom is 0.335 e. The molecule has 29 heavy (non-hydrogen) atoms. The van der Waals surface area contributed by atoms with Gasteiger partial charge in [0.05, 0.1) is 11.3 Å². The number of carboxylic acid groups (broad SMARTS) is 1. The van der Waals surface area contributed by atoms with Crippen LogP contribution >= 0.6 is 23.5 Å². The third-order valence-corrected chi connectivity index (χ3v) is 6.80. The molecule has 1 saturated carbocycles. The molecule has 0 radical (unpaired) electrons. The molecule has 1 aliphatic carbocycles. The van der Waals surface area contributed by atoms with Crippen molar-refractivity contribution in [2.45, 2.75) is 44.4 Å². The van der Waals surface area contributed by atoms with Crippen LogP contribution < -0.4 is 9.62 Å². The highest BCUT2D eigenvalue weighted by molar-refractivity contribution is 8.01. The van der Waals surface area contributed by atoms with Gasteiger partial charge < -0.3 is 14.7 Å². The van der Waals surface area contributed by atoms with Crippen molar-refractivity contribution in [3.05, 3.63) is 64.2 Å². The molecular weight excluding hydrogens is 408 g/mol. The van der Waals surface area contributed by atoms with Crippen LogP contribution in [0.3, 0.4) is 0 Å². The van der Waals surface area contributed by atoms with Gasteiger partial charge in [0.15, 0.2) is 0 Å². The minimum atomic E-state index is -0.978. The Labute approximate surface area is 180 Å². The van der Waals surface area contributed by atoms with Crippen LogP contribution in [0.5, 0.6) is 0 Å². The molecular formula is C22H25ClN2O3S. The zero-order valence-electron chi connectivity index (χ0n) is 16.4. The standard InChI is InChI=1S/C22H25ClN2O3S/c1-15-19(23)10-5-11-20(15)25(29-18-8-2-3-9-18)14-21(26)24-13-16-6-4-7-17(12-16)22(27)28/h4-7,10-12,18H,2-3,8-9,13-14H2,1H3,(H,24,26)(H,27,28). The van der Waals surface area contributed by atoms with Gasteiger partial charge in [-0.2, -0.15) is 0 Å². The smallest absolute Gasteiger partial charge is 0.335 e. The summed E-state index contributed by atoms with van der Waals surface area (Å²) >= 11 is 8.03. The van der Waals surface area contributed by atoms with E-state index in [1.54, 1.807) is 30.1 Å². The number of hydrogen-bond donors (Lipinski definition) is 2. The van der Waals surface area contributed by atoms with Crippen LogP contribution in [-0.2, 0) is 11.3 Å². The minimum absolute atomic E-state index is 0.115. The molecule has 2 N–H and O–H groups in total. The first kappa shape index (κ1) is 21.5. The predicted octanol–water partition coefficient (Wildman–Crippen LogP) is 5.06. The van der Waals surface area contributed by atoms with Crippen molar-refractivity contribution in [2.75, 3.05) is 10.8 Å². The van der Waals surface area contributed by atoms with Crippen molar-refractivity contribution in [1.82, 2.24) is 5.32 Å². The summed E-state index contributed by atoms with van der Waals surface area (Å²) in [7, 11) is 0. The average molecular weight is 433 g/mol. The number of halogens is 1. The Kier molecular flexibility index (Phi) is 7.45. The summed E-state index contributed by atoms with van der Waals surface area (Å²) in [5, 5.41) is 13.2. The Morgan fingerprint density at radius 2 is 1.93 bits per heavy atom. The van der Waals surface area contributed by atoms with Gasteiger partial charge in [-0.25, -0.2) is 4.79 Å². The highest BCUT2D eigenvalue weighted by atomic mass is 35.5. The molecule has 1 fully saturated rings. The van der Waals surface area contributed by atoms with E-state index < -0.39 is 5.97 Å². The van der Waals surface area contributed by atoms with Gasteiger partial charge in [0.25, 0.3) is 0 Å². The largest absolute Gasteiger partial charge is 0.478 e. The maximum absolute atomic E-state index is 12.7. The van der Waals surface area contributed by atoms with Crippen LogP contribution in [0.4, 0.5) is 5.69 Å². The minimum Gasteiger partial charge on any atom is -0.478 e. The molecule has 0 atom stereocenters. The van der Waals surface area contributed by atoms with Crippen molar-refractivity contribution in [1.29, 1.82) is 0 Å². The van der Waals surface area contributed by atoms with E-state index in [2.05, 4.69) is 5.32 Å². The maximum atomic E-state index is 12.7. The van der Waals surface area contributed by atoms with E-state index >= 15 is 0 Å². The number of hydrogen-bond acceptors (Lipinski definition) is 4. The zero-order chi connectivity index (χ0) is 20.8. The number of carboxylic acids is 1. The lowest BCUT2D eigenvalue weighted by atomic mass is 10.1. The summed E-state index contributed by atoms with van der Waals surface area (Å²) in [4.78, 5) is 23.8. The van der Waals surface area contributed by atoms with Crippen LogP contribution in [0.15, 0.2) is 42.5 Å². The number of nitrogens with one attached hydrogen (secondary N) is 1. The molecule has 0 aromatic heterocycles. The Balaban J connectivity index is 1.68. The predicted molar refractivity (Wildman–Crippen MR) is 119 cm³/mol. The van der Waals surface area contributed by atoms with Gasteiger partial charge in [-0.3, -0.25) is 4.79 Å². The number of rotatable bonds is 8. The number of anilines is 1. The fraction of sp³-hybridized carbons (Fsp3) is 0.364. The number of carbonyl (C=O) groups excluding carboxylic acids is 1. The Morgan fingerprint density at radius 1 is 1.21 bits per heavy atom. The van der Waals surface area contributed by atoms with Crippen molar-refractivity contribution in [3.63, 3.8) is 0 Å². The van der Waals surface area contributed by atoms with Gasteiger partial charge in [0.1, 0.15) is 6.54 Å². The molecule has 2 aromatic carbocycles. The lowest BCUT2D eigenvalue weighted by Gasteiger charge is -2.27. The van der Waals surface area contributed by atoms with Crippen molar-refractivity contribution >= 4 is 41.1 Å². The topological polar surface area (TPSA) is 69.6 Å². The molecule has 0 saturated heterocycles. The second-order valence-electron chi connectivity index (χ2n) is 7.21. The summed E-state index contributed by atoms with van der Waals surface area (Å²) in [6.07, 6.45) is 4.77. The molecule has 0 spiro atoms. The van der Waals surface area contributed by atoms with Crippen LogP contribution in [0.2, 0.25) is 5.02 Å². The van der Waals surface area contributed by atoms with Crippen LogP contribution in [0.25, 0.3) is 0 Å². The average Bonchev–Trinajstić information content (AvgIpc) is 3.21. The van der Waals surface area contributed by atoms with E-state index in [4.69, 9.17) is 16.7 Å². The van der Waals surface area contributed by atoms with E-state index in [1.165, 1.54) is 18.9 Å². The second kappa shape index (κ2) is 10.0. The normalized spacial score (nSPS) is 14.0. The van der Waals surface area contributed by atoms with Gasteiger partial charge in [0.2, 0.25) is 5.91 Å². The molecule has 0 aliphatic heterocycles. The van der Waals surface area contributed by atoms with Crippen molar-refractivity contribution in [3.8, 4) is 0 Å². The molecule has 1 aliphatic rings. The van der Waals surface area contributed by atoms with Gasteiger partial charge in [0, 0.05) is 16.8 Å². The van der Waals surface area contributed by atoms with Crippen LogP contribution in [0.1, 0.15) is 47.2 Å². The van der Waals surface area contributed by atoms with Crippen LogP contribution in [-0.4, -0.2) is 28.8 Å². The number of nitrogens with zero attached hydrogens (tertiary/aromatic N) is 1. The third kappa shape index (κ3) is 5.90. The first-order valence-electron chi connectivity index (χ1n) is 9.72. The van der Waals surface area contributed by atoms with Crippen LogP contribution in [0, 0.1) is 6.92 Å². The quantitative estimate of drug-likeness (QED) is 0.570. The Bertz CT molecular complexity index is 884. The highest BCUT2D eigenvalue weighted by Gasteiger charge is 2.23. The summed E-state index contributed by atoms with van der Waals surface area (Å²) in [5.41, 5.74) is 2.89. The van der Waals surface area contributed by atoms with Crippen molar-refractivity contribution in [2.24, 2.45) is 0 Å². The first-order valence-corrected chi connectivity index (χ1v) is 10.9. The van der Waals surface area contributed by atoms with E-state index in [1.807, 2.05) is 29.4 Å². The molecule has 0 heterocycles. The molecule has 0 bridgehead atoms. The van der Waals surface area contributed by atoms with E-state index in [0.29, 0.717) is 10.3 Å².